The molecule has 0 bridgehead atoms. The third kappa shape index (κ3) is 3.75. The number of methoxy groups -OCH3 is 2. The molecule has 4 nitrogen and oxygen atoms in total. The highest BCUT2D eigenvalue weighted by atomic mass is 32.1. The molecule has 0 radical (unpaired) electrons. The fourth-order valence-electron chi connectivity index (χ4n) is 2.27. The molecule has 1 unspecified atom stereocenters. The van der Waals surface area contributed by atoms with Crippen LogP contribution in [0.2, 0.25) is 0 Å². The summed E-state index contributed by atoms with van der Waals surface area (Å²) in [5.41, 5.74) is 3.98. The minimum absolute atomic E-state index is 0.0492. The van der Waals surface area contributed by atoms with Gasteiger partial charge in [-0.05, 0) is 36.2 Å². The van der Waals surface area contributed by atoms with E-state index in [0.717, 1.165) is 29.9 Å². The number of rotatable bonds is 7. The van der Waals surface area contributed by atoms with Crippen LogP contribution in [0.15, 0.2) is 30.3 Å². The van der Waals surface area contributed by atoms with E-state index in [1.165, 1.54) is 9.75 Å². The van der Waals surface area contributed by atoms with Gasteiger partial charge in [0.05, 0.1) is 20.3 Å². The molecule has 0 fully saturated rings. The third-order valence-electron chi connectivity index (χ3n) is 3.48. The Balaban J connectivity index is 2.20. The zero-order valence-electron chi connectivity index (χ0n) is 12.7. The number of hydrogen-bond acceptors (Lipinski definition) is 5. The van der Waals surface area contributed by atoms with E-state index in [0.29, 0.717) is 0 Å². The van der Waals surface area contributed by atoms with Crippen LogP contribution in [0, 0.1) is 0 Å². The molecule has 0 aliphatic carbocycles. The van der Waals surface area contributed by atoms with Gasteiger partial charge in [-0.3, -0.25) is 11.3 Å². The molecule has 1 aromatic carbocycles. The molecule has 2 rings (SSSR count). The molecule has 0 saturated heterocycles. The molecule has 1 atom stereocenters. The van der Waals surface area contributed by atoms with E-state index in [4.69, 9.17) is 15.3 Å². The lowest BCUT2D eigenvalue weighted by Crippen LogP contribution is -2.29. The van der Waals surface area contributed by atoms with Crippen LogP contribution in [0.4, 0.5) is 0 Å². The average molecular weight is 306 g/mol. The van der Waals surface area contributed by atoms with Gasteiger partial charge in [0.2, 0.25) is 0 Å². The summed E-state index contributed by atoms with van der Waals surface area (Å²) in [5, 5.41) is 0. The van der Waals surface area contributed by atoms with Crippen LogP contribution in [-0.2, 0) is 12.8 Å². The Labute approximate surface area is 129 Å². The van der Waals surface area contributed by atoms with Gasteiger partial charge in [-0.15, -0.1) is 11.3 Å². The van der Waals surface area contributed by atoms with E-state index in [9.17, 15) is 0 Å². The van der Waals surface area contributed by atoms with Gasteiger partial charge in [0.25, 0.3) is 0 Å². The second kappa shape index (κ2) is 7.45. The van der Waals surface area contributed by atoms with E-state index >= 15 is 0 Å². The Hall–Kier alpha value is -1.56. The summed E-state index contributed by atoms with van der Waals surface area (Å²) >= 11 is 1.84. The van der Waals surface area contributed by atoms with Gasteiger partial charge in [0.15, 0.2) is 11.5 Å². The first-order valence-corrected chi connectivity index (χ1v) is 7.79. The maximum atomic E-state index is 5.74. The molecule has 1 aromatic heterocycles. The summed E-state index contributed by atoms with van der Waals surface area (Å²) in [6.07, 6.45) is 1.93. The number of hydrazine groups is 1. The zero-order valence-corrected chi connectivity index (χ0v) is 13.5. The fraction of sp³-hybridized carbons (Fsp3) is 0.375. The van der Waals surface area contributed by atoms with Crippen molar-refractivity contribution in [1.29, 1.82) is 0 Å². The van der Waals surface area contributed by atoms with Gasteiger partial charge in [-0.2, -0.15) is 0 Å². The number of benzene rings is 1. The quantitative estimate of drug-likeness (QED) is 0.610. The van der Waals surface area contributed by atoms with Crippen molar-refractivity contribution in [2.45, 2.75) is 25.8 Å². The summed E-state index contributed by atoms with van der Waals surface area (Å²) in [5.74, 6) is 7.18. The van der Waals surface area contributed by atoms with Crippen molar-refractivity contribution in [3.8, 4) is 11.5 Å². The number of thiophene rings is 1. The van der Waals surface area contributed by atoms with Crippen molar-refractivity contribution in [3.63, 3.8) is 0 Å². The summed E-state index contributed by atoms with van der Waals surface area (Å²) in [6.45, 7) is 2.17. The molecule has 5 heteroatoms. The maximum Gasteiger partial charge on any atom is 0.161 e. The largest absolute Gasteiger partial charge is 0.493 e. The molecule has 0 aliphatic rings. The summed E-state index contributed by atoms with van der Waals surface area (Å²) in [4.78, 5) is 2.72. The SMILES string of the molecule is CCc1ccc(CC(NN)c2ccc(OC)c(OC)c2)s1. The molecular weight excluding hydrogens is 284 g/mol. The van der Waals surface area contributed by atoms with Gasteiger partial charge in [-0.25, -0.2) is 0 Å². The van der Waals surface area contributed by atoms with Crippen LogP contribution < -0.4 is 20.7 Å². The molecule has 114 valence electrons. The van der Waals surface area contributed by atoms with Crippen LogP contribution in [0.3, 0.4) is 0 Å². The monoisotopic (exact) mass is 306 g/mol. The number of aryl methyl sites for hydroxylation is 1. The van der Waals surface area contributed by atoms with Crippen molar-refractivity contribution in [3.05, 3.63) is 45.6 Å². The van der Waals surface area contributed by atoms with Gasteiger partial charge in [0.1, 0.15) is 0 Å². The van der Waals surface area contributed by atoms with Crippen LogP contribution in [-0.4, -0.2) is 14.2 Å². The molecule has 0 spiro atoms. The molecule has 2 aromatic rings. The Kier molecular flexibility index (Phi) is 5.61. The van der Waals surface area contributed by atoms with Crippen LogP contribution in [0.5, 0.6) is 11.5 Å². The van der Waals surface area contributed by atoms with Crippen LogP contribution in [0.25, 0.3) is 0 Å². The summed E-state index contributed by atoms with van der Waals surface area (Å²) < 4.78 is 10.6. The minimum Gasteiger partial charge on any atom is -0.493 e. The van der Waals surface area contributed by atoms with Gasteiger partial charge in [-0.1, -0.05) is 13.0 Å². The summed E-state index contributed by atoms with van der Waals surface area (Å²) in [7, 11) is 3.27. The lowest BCUT2D eigenvalue weighted by Gasteiger charge is -2.17. The second-order valence-electron chi connectivity index (χ2n) is 4.76. The smallest absolute Gasteiger partial charge is 0.161 e. The molecule has 0 saturated carbocycles. The first-order chi connectivity index (χ1) is 10.2. The Bertz CT molecular complexity index is 583. The van der Waals surface area contributed by atoms with Gasteiger partial charge in [0, 0.05) is 16.2 Å². The Morgan fingerprint density at radius 1 is 1.10 bits per heavy atom. The third-order valence-corrected chi connectivity index (χ3v) is 4.73. The standard InChI is InChI=1S/C16H22N2O2S/c1-4-12-6-7-13(21-12)10-14(18-17)11-5-8-15(19-2)16(9-11)20-3/h5-9,14,18H,4,10,17H2,1-3H3. The van der Waals surface area contributed by atoms with Crippen LogP contribution >= 0.6 is 11.3 Å². The molecule has 0 amide bonds. The Morgan fingerprint density at radius 2 is 1.81 bits per heavy atom. The van der Waals surface area contributed by atoms with Crippen molar-refractivity contribution in [1.82, 2.24) is 5.43 Å². The highest BCUT2D eigenvalue weighted by molar-refractivity contribution is 7.11. The lowest BCUT2D eigenvalue weighted by atomic mass is 10.0. The second-order valence-corrected chi connectivity index (χ2v) is 6.01. The predicted molar refractivity (Wildman–Crippen MR) is 87.0 cm³/mol. The molecule has 1 heterocycles. The highest BCUT2D eigenvalue weighted by Gasteiger charge is 2.14. The number of nitrogens with two attached hydrogens (primary N) is 1. The van der Waals surface area contributed by atoms with Crippen molar-refractivity contribution in [2.75, 3.05) is 14.2 Å². The van der Waals surface area contributed by atoms with Gasteiger partial charge >= 0.3 is 0 Å². The van der Waals surface area contributed by atoms with Crippen LogP contribution in [0.1, 0.15) is 28.3 Å². The van der Waals surface area contributed by atoms with E-state index in [-0.39, 0.29) is 6.04 Å². The highest BCUT2D eigenvalue weighted by Crippen LogP contribution is 2.31. The zero-order chi connectivity index (χ0) is 15.2. The first-order valence-electron chi connectivity index (χ1n) is 6.97. The van der Waals surface area contributed by atoms with Gasteiger partial charge < -0.3 is 9.47 Å². The normalized spacial score (nSPS) is 12.2. The van der Waals surface area contributed by atoms with Crippen molar-refractivity contribution in [2.24, 2.45) is 5.84 Å². The molecular formula is C16H22N2O2S. The average Bonchev–Trinajstić information content (AvgIpc) is 2.99. The topological polar surface area (TPSA) is 56.5 Å². The number of ether oxygens (including phenoxy) is 2. The minimum atomic E-state index is 0.0492. The number of nitrogens with one attached hydrogen (secondary N) is 1. The number of hydrogen-bond donors (Lipinski definition) is 2. The van der Waals surface area contributed by atoms with E-state index < -0.39 is 0 Å². The Morgan fingerprint density at radius 3 is 2.38 bits per heavy atom. The van der Waals surface area contributed by atoms with Crippen molar-refractivity contribution >= 4 is 11.3 Å². The first kappa shape index (κ1) is 15.8. The molecule has 21 heavy (non-hydrogen) atoms. The lowest BCUT2D eigenvalue weighted by molar-refractivity contribution is 0.354. The molecule has 3 N–H and O–H groups in total. The van der Waals surface area contributed by atoms with E-state index in [1.807, 2.05) is 29.5 Å². The van der Waals surface area contributed by atoms with E-state index in [1.54, 1.807) is 14.2 Å². The maximum absolute atomic E-state index is 5.74. The summed E-state index contributed by atoms with van der Waals surface area (Å²) in [6, 6.07) is 10.3. The van der Waals surface area contributed by atoms with E-state index in [2.05, 4.69) is 24.5 Å². The fourth-order valence-corrected chi connectivity index (χ4v) is 3.27. The molecule has 0 aliphatic heterocycles. The van der Waals surface area contributed by atoms with Crippen molar-refractivity contribution < 1.29 is 9.47 Å². The predicted octanol–water partition coefficient (Wildman–Crippen LogP) is 3.07.